The first-order valence-electron chi connectivity index (χ1n) is 6.76. The Bertz CT molecular complexity index is 439. The topological polar surface area (TPSA) is 38.7 Å². The van der Waals surface area contributed by atoms with Crippen molar-refractivity contribution in [3.63, 3.8) is 0 Å². The molecule has 102 valence electrons. The summed E-state index contributed by atoms with van der Waals surface area (Å²) in [7, 11) is 0. The van der Waals surface area contributed by atoms with Gasteiger partial charge in [0.05, 0.1) is 19.3 Å². The third-order valence-corrected chi connectivity index (χ3v) is 3.09. The Balaban J connectivity index is 1.78. The van der Waals surface area contributed by atoms with Crippen LogP contribution in [0.2, 0.25) is 0 Å². The van der Waals surface area contributed by atoms with Gasteiger partial charge >= 0.3 is 0 Å². The molecule has 1 atom stereocenters. The lowest BCUT2D eigenvalue weighted by Gasteiger charge is -2.22. The quantitative estimate of drug-likeness (QED) is 0.843. The van der Waals surface area contributed by atoms with E-state index in [4.69, 9.17) is 14.6 Å². The Kier molecular flexibility index (Phi) is 5.90. The second-order valence-electron chi connectivity index (χ2n) is 4.66. The van der Waals surface area contributed by atoms with Crippen molar-refractivity contribution < 1.29 is 14.6 Å². The summed E-state index contributed by atoms with van der Waals surface area (Å²) < 4.78 is 11.3. The molecule has 1 saturated heterocycles. The highest BCUT2D eigenvalue weighted by atomic mass is 16.5. The second-order valence-corrected chi connectivity index (χ2v) is 4.66. The molecule has 1 aliphatic rings. The number of aliphatic hydroxyl groups is 1. The number of ether oxygens (including phenoxy) is 2. The van der Waals surface area contributed by atoms with E-state index in [-0.39, 0.29) is 12.7 Å². The molecule has 1 N–H and O–H groups in total. The van der Waals surface area contributed by atoms with Gasteiger partial charge in [-0.15, -0.1) is 0 Å². The highest BCUT2D eigenvalue weighted by Crippen LogP contribution is 2.13. The van der Waals surface area contributed by atoms with E-state index in [1.54, 1.807) is 0 Å². The Morgan fingerprint density at radius 2 is 2.32 bits per heavy atom. The average molecular weight is 260 g/mol. The van der Waals surface area contributed by atoms with Crippen molar-refractivity contribution in [2.75, 3.05) is 19.8 Å². The third kappa shape index (κ3) is 5.04. The van der Waals surface area contributed by atoms with Gasteiger partial charge in [-0.25, -0.2) is 0 Å². The molecule has 0 saturated carbocycles. The molecule has 1 aromatic carbocycles. The molecule has 2 rings (SSSR count). The molecule has 1 fully saturated rings. The summed E-state index contributed by atoms with van der Waals surface area (Å²) in [6, 6.07) is 7.89. The van der Waals surface area contributed by atoms with Crippen molar-refractivity contribution in [2.45, 2.75) is 32.0 Å². The molecule has 0 aromatic heterocycles. The number of hydrogen-bond donors (Lipinski definition) is 1. The van der Waals surface area contributed by atoms with Gasteiger partial charge in [-0.3, -0.25) is 0 Å². The van der Waals surface area contributed by atoms with Crippen LogP contribution in [0.3, 0.4) is 0 Å². The number of aliphatic hydroxyl groups excluding tert-OH is 1. The van der Waals surface area contributed by atoms with E-state index in [0.29, 0.717) is 13.2 Å². The first-order valence-corrected chi connectivity index (χ1v) is 6.76. The van der Waals surface area contributed by atoms with Crippen molar-refractivity contribution in [2.24, 2.45) is 0 Å². The van der Waals surface area contributed by atoms with Gasteiger partial charge in [0, 0.05) is 12.2 Å². The summed E-state index contributed by atoms with van der Waals surface area (Å²) in [5, 5.41) is 8.67. The van der Waals surface area contributed by atoms with Gasteiger partial charge < -0.3 is 14.6 Å². The first kappa shape index (κ1) is 14.1. The number of rotatable bonds is 4. The van der Waals surface area contributed by atoms with Crippen LogP contribution in [0.4, 0.5) is 0 Å². The van der Waals surface area contributed by atoms with Crippen LogP contribution in [0.25, 0.3) is 0 Å². The predicted molar refractivity (Wildman–Crippen MR) is 73.7 cm³/mol. The third-order valence-electron chi connectivity index (χ3n) is 3.09. The average Bonchev–Trinajstić information content (AvgIpc) is 2.47. The minimum Gasteiger partial charge on any atom is -0.384 e. The molecular formula is C16H20O3. The van der Waals surface area contributed by atoms with Crippen LogP contribution in [0.15, 0.2) is 24.3 Å². The van der Waals surface area contributed by atoms with Crippen molar-refractivity contribution in [1.29, 1.82) is 0 Å². The first-order chi connectivity index (χ1) is 9.38. The van der Waals surface area contributed by atoms with Gasteiger partial charge in [-0.1, -0.05) is 24.0 Å². The Hall–Kier alpha value is -1.34. The SMILES string of the molecule is OCC#Cc1cccc(COCC2CCCCO2)c1. The molecule has 0 aliphatic carbocycles. The normalized spacial score (nSPS) is 18.7. The largest absolute Gasteiger partial charge is 0.384 e. The Morgan fingerprint density at radius 3 is 3.11 bits per heavy atom. The number of hydrogen-bond acceptors (Lipinski definition) is 3. The molecule has 1 aromatic rings. The fourth-order valence-electron chi connectivity index (χ4n) is 2.13. The van der Waals surface area contributed by atoms with E-state index in [1.165, 1.54) is 12.8 Å². The monoisotopic (exact) mass is 260 g/mol. The van der Waals surface area contributed by atoms with E-state index < -0.39 is 0 Å². The fourth-order valence-corrected chi connectivity index (χ4v) is 2.13. The highest BCUT2D eigenvalue weighted by molar-refractivity contribution is 5.36. The molecule has 3 nitrogen and oxygen atoms in total. The van der Waals surface area contributed by atoms with Crippen LogP contribution >= 0.6 is 0 Å². The van der Waals surface area contributed by atoms with Crippen LogP contribution in [0, 0.1) is 11.8 Å². The molecule has 0 radical (unpaired) electrons. The smallest absolute Gasteiger partial charge is 0.104 e. The van der Waals surface area contributed by atoms with Gasteiger partial charge in [0.25, 0.3) is 0 Å². The molecule has 0 spiro atoms. The lowest BCUT2D eigenvalue weighted by molar-refractivity contribution is -0.0447. The van der Waals surface area contributed by atoms with Crippen LogP contribution in [0.5, 0.6) is 0 Å². The zero-order valence-corrected chi connectivity index (χ0v) is 11.1. The lowest BCUT2D eigenvalue weighted by atomic mass is 10.1. The molecule has 3 heteroatoms. The molecule has 0 amide bonds. The van der Waals surface area contributed by atoms with Crippen LogP contribution in [-0.4, -0.2) is 31.0 Å². The highest BCUT2D eigenvalue weighted by Gasteiger charge is 2.13. The number of benzene rings is 1. The van der Waals surface area contributed by atoms with Gasteiger partial charge in [0.2, 0.25) is 0 Å². The van der Waals surface area contributed by atoms with E-state index in [2.05, 4.69) is 11.8 Å². The van der Waals surface area contributed by atoms with E-state index in [9.17, 15) is 0 Å². The van der Waals surface area contributed by atoms with Crippen molar-refractivity contribution in [1.82, 2.24) is 0 Å². The molecule has 1 heterocycles. The van der Waals surface area contributed by atoms with E-state index >= 15 is 0 Å². The summed E-state index contributed by atoms with van der Waals surface area (Å²) >= 11 is 0. The molecule has 19 heavy (non-hydrogen) atoms. The van der Waals surface area contributed by atoms with Gasteiger partial charge in [-0.05, 0) is 37.0 Å². The standard InChI is InChI=1S/C16H20O3/c17-9-4-7-14-5-3-6-15(11-14)12-18-13-16-8-1-2-10-19-16/h3,5-6,11,16-17H,1-2,8-10,12-13H2. The Labute approximate surface area is 114 Å². The van der Waals surface area contributed by atoms with Crippen molar-refractivity contribution in [3.05, 3.63) is 35.4 Å². The van der Waals surface area contributed by atoms with Crippen LogP contribution in [-0.2, 0) is 16.1 Å². The van der Waals surface area contributed by atoms with Gasteiger partial charge in [0.1, 0.15) is 6.61 Å². The molecule has 1 unspecified atom stereocenters. The van der Waals surface area contributed by atoms with Crippen LogP contribution in [0.1, 0.15) is 30.4 Å². The van der Waals surface area contributed by atoms with E-state index in [0.717, 1.165) is 24.2 Å². The summed E-state index contributed by atoms with van der Waals surface area (Å²) in [6.45, 7) is 1.99. The van der Waals surface area contributed by atoms with E-state index in [1.807, 2.05) is 24.3 Å². The predicted octanol–water partition coefficient (Wildman–Crippen LogP) is 2.12. The summed E-state index contributed by atoms with van der Waals surface area (Å²) in [6.07, 6.45) is 3.76. The summed E-state index contributed by atoms with van der Waals surface area (Å²) in [4.78, 5) is 0. The summed E-state index contributed by atoms with van der Waals surface area (Å²) in [5.74, 6) is 5.54. The zero-order chi connectivity index (χ0) is 13.3. The fraction of sp³-hybridized carbons (Fsp3) is 0.500. The maximum absolute atomic E-state index is 8.67. The van der Waals surface area contributed by atoms with Crippen molar-refractivity contribution in [3.8, 4) is 11.8 Å². The molecule has 0 bridgehead atoms. The lowest BCUT2D eigenvalue weighted by Crippen LogP contribution is -2.24. The zero-order valence-electron chi connectivity index (χ0n) is 11.1. The van der Waals surface area contributed by atoms with Gasteiger partial charge in [0.15, 0.2) is 0 Å². The van der Waals surface area contributed by atoms with Crippen LogP contribution < -0.4 is 0 Å². The molecular weight excluding hydrogens is 240 g/mol. The van der Waals surface area contributed by atoms with Gasteiger partial charge in [-0.2, -0.15) is 0 Å². The Morgan fingerprint density at radius 1 is 1.37 bits per heavy atom. The minimum atomic E-state index is -0.111. The minimum absolute atomic E-state index is 0.111. The summed E-state index contributed by atoms with van der Waals surface area (Å²) in [5.41, 5.74) is 2.00. The van der Waals surface area contributed by atoms with Crippen molar-refractivity contribution >= 4 is 0 Å². The maximum atomic E-state index is 8.67. The maximum Gasteiger partial charge on any atom is 0.104 e. The second kappa shape index (κ2) is 7.96. The molecule has 1 aliphatic heterocycles.